The van der Waals surface area contributed by atoms with Gasteiger partial charge in [0.1, 0.15) is 18.1 Å². The molecule has 0 aliphatic heterocycles. The number of ether oxygens (including phenoxy) is 1. The number of carbonyl (C=O) groups is 1. The van der Waals surface area contributed by atoms with Gasteiger partial charge in [-0.25, -0.2) is 9.07 Å². The molecular weight excluding hydrogens is 337 g/mol. The fourth-order valence-corrected chi connectivity index (χ4v) is 2.37. The Balaban J connectivity index is 1.80. The fraction of sp³-hybridized carbons (Fsp3) is 0.105. The molecule has 0 aliphatic rings. The first-order valence-corrected chi connectivity index (χ1v) is 7.83. The normalized spacial score (nSPS) is 10.4. The second-order valence-electron chi connectivity index (χ2n) is 5.50. The molecule has 0 fully saturated rings. The van der Waals surface area contributed by atoms with Crippen molar-refractivity contribution in [3.05, 3.63) is 76.8 Å². The second kappa shape index (κ2) is 7.60. The molecule has 0 saturated heterocycles. The van der Waals surface area contributed by atoms with E-state index in [1.54, 1.807) is 25.3 Å². The second-order valence-corrected chi connectivity index (χ2v) is 5.50. The summed E-state index contributed by atoms with van der Waals surface area (Å²) in [5.74, 6) is -0.169. The van der Waals surface area contributed by atoms with Crippen LogP contribution in [0.25, 0.3) is 11.3 Å². The molecule has 1 heterocycles. The Hall–Kier alpha value is -3.48. The van der Waals surface area contributed by atoms with Crippen molar-refractivity contribution in [1.82, 2.24) is 9.78 Å². The van der Waals surface area contributed by atoms with E-state index in [1.807, 2.05) is 12.1 Å². The molecule has 3 aromatic rings. The molecule has 6 nitrogen and oxygen atoms in total. The maximum atomic E-state index is 12.9. The van der Waals surface area contributed by atoms with Crippen molar-refractivity contribution in [2.24, 2.45) is 0 Å². The molecule has 3 rings (SSSR count). The van der Waals surface area contributed by atoms with E-state index >= 15 is 0 Å². The van der Waals surface area contributed by atoms with E-state index in [2.05, 4.69) is 10.4 Å². The van der Waals surface area contributed by atoms with Crippen LogP contribution in [-0.4, -0.2) is 22.8 Å². The molecular formula is C19H16FN3O3. The van der Waals surface area contributed by atoms with Gasteiger partial charge in [-0.15, -0.1) is 0 Å². The van der Waals surface area contributed by atoms with Crippen molar-refractivity contribution >= 4 is 11.6 Å². The number of nitrogens with one attached hydrogen (secondary N) is 1. The summed E-state index contributed by atoms with van der Waals surface area (Å²) in [6.45, 7) is -0.256. The molecule has 1 aromatic heterocycles. The first-order valence-electron chi connectivity index (χ1n) is 7.83. The first kappa shape index (κ1) is 17.3. The van der Waals surface area contributed by atoms with Gasteiger partial charge in [0.15, 0.2) is 0 Å². The van der Waals surface area contributed by atoms with Gasteiger partial charge in [0.2, 0.25) is 5.91 Å². The van der Waals surface area contributed by atoms with Gasteiger partial charge in [0.25, 0.3) is 5.56 Å². The van der Waals surface area contributed by atoms with Crippen molar-refractivity contribution in [3.63, 3.8) is 0 Å². The lowest BCUT2D eigenvalue weighted by atomic mass is 10.1. The van der Waals surface area contributed by atoms with E-state index in [0.717, 1.165) is 10.2 Å². The minimum atomic E-state index is -0.436. The van der Waals surface area contributed by atoms with Crippen LogP contribution in [0.1, 0.15) is 0 Å². The number of hydrogen-bond donors (Lipinski definition) is 1. The van der Waals surface area contributed by atoms with Crippen LogP contribution in [0.4, 0.5) is 10.1 Å². The highest BCUT2D eigenvalue weighted by atomic mass is 19.1. The molecule has 2 aromatic carbocycles. The summed E-state index contributed by atoms with van der Waals surface area (Å²) in [6.07, 6.45) is 0. The zero-order chi connectivity index (χ0) is 18.5. The van der Waals surface area contributed by atoms with Crippen molar-refractivity contribution < 1.29 is 13.9 Å². The highest BCUT2D eigenvalue weighted by Gasteiger charge is 2.09. The van der Waals surface area contributed by atoms with Gasteiger partial charge < -0.3 is 10.1 Å². The summed E-state index contributed by atoms with van der Waals surface area (Å²) in [5.41, 5.74) is 1.34. The van der Waals surface area contributed by atoms with Crippen molar-refractivity contribution in [2.75, 3.05) is 12.4 Å². The number of amides is 1. The Morgan fingerprint density at radius 2 is 1.92 bits per heavy atom. The zero-order valence-electron chi connectivity index (χ0n) is 14.0. The summed E-state index contributed by atoms with van der Waals surface area (Å²) in [5, 5.41) is 6.84. The maximum Gasteiger partial charge on any atom is 0.267 e. The predicted molar refractivity (Wildman–Crippen MR) is 95.5 cm³/mol. The molecule has 1 amide bonds. The summed E-state index contributed by atoms with van der Waals surface area (Å²) < 4.78 is 19.2. The third-order valence-corrected chi connectivity index (χ3v) is 3.65. The fourth-order valence-electron chi connectivity index (χ4n) is 2.37. The quantitative estimate of drug-likeness (QED) is 0.765. The predicted octanol–water partition coefficient (Wildman–Crippen LogP) is 2.70. The maximum absolute atomic E-state index is 12.9. The molecule has 0 unspecified atom stereocenters. The molecule has 7 heteroatoms. The molecule has 0 atom stereocenters. The molecule has 0 aliphatic carbocycles. The van der Waals surface area contributed by atoms with E-state index in [-0.39, 0.29) is 6.54 Å². The van der Waals surface area contributed by atoms with E-state index in [9.17, 15) is 14.0 Å². The summed E-state index contributed by atoms with van der Waals surface area (Å²) >= 11 is 0. The van der Waals surface area contributed by atoms with Gasteiger partial charge in [-0.2, -0.15) is 5.10 Å². The lowest BCUT2D eigenvalue weighted by Crippen LogP contribution is -2.29. The van der Waals surface area contributed by atoms with E-state index in [1.165, 1.54) is 30.3 Å². The zero-order valence-corrected chi connectivity index (χ0v) is 14.0. The number of halogens is 1. The van der Waals surface area contributed by atoms with Crippen molar-refractivity contribution in [2.45, 2.75) is 6.54 Å². The van der Waals surface area contributed by atoms with Crippen LogP contribution in [-0.2, 0) is 11.3 Å². The van der Waals surface area contributed by atoms with E-state index < -0.39 is 17.3 Å². The topological polar surface area (TPSA) is 73.2 Å². The Morgan fingerprint density at radius 1 is 1.15 bits per heavy atom. The van der Waals surface area contributed by atoms with Crippen LogP contribution < -0.4 is 15.6 Å². The highest BCUT2D eigenvalue weighted by Crippen LogP contribution is 2.21. The van der Waals surface area contributed by atoms with Gasteiger partial charge in [0.05, 0.1) is 12.8 Å². The van der Waals surface area contributed by atoms with Gasteiger partial charge in [0, 0.05) is 17.3 Å². The lowest BCUT2D eigenvalue weighted by molar-refractivity contribution is -0.117. The summed E-state index contributed by atoms with van der Waals surface area (Å²) in [7, 11) is 1.56. The lowest BCUT2D eigenvalue weighted by Gasteiger charge is -2.09. The molecule has 1 N–H and O–H groups in total. The van der Waals surface area contributed by atoms with Gasteiger partial charge in [-0.3, -0.25) is 9.59 Å². The molecule has 132 valence electrons. The van der Waals surface area contributed by atoms with Crippen LogP contribution in [0.3, 0.4) is 0 Å². The first-order chi connectivity index (χ1) is 12.5. The third-order valence-electron chi connectivity index (χ3n) is 3.65. The molecule has 0 saturated carbocycles. The van der Waals surface area contributed by atoms with Crippen LogP contribution in [0.2, 0.25) is 0 Å². The largest absolute Gasteiger partial charge is 0.497 e. The van der Waals surface area contributed by atoms with Crippen molar-refractivity contribution in [1.29, 1.82) is 0 Å². The third kappa shape index (κ3) is 4.13. The molecule has 0 bridgehead atoms. The van der Waals surface area contributed by atoms with Crippen LogP contribution >= 0.6 is 0 Å². The average molecular weight is 353 g/mol. The molecule has 0 spiro atoms. The Morgan fingerprint density at radius 3 is 2.65 bits per heavy atom. The van der Waals surface area contributed by atoms with Crippen LogP contribution in [0.5, 0.6) is 5.75 Å². The standard InChI is InChI=1S/C19H16FN3O3/c1-26-16-4-2-3-13(11-16)17-9-10-19(25)23(22-17)12-18(24)21-15-7-5-14(20)6-8-15/h2-11H,12H2,1H3,(H,21,24). The van der Waals surface area contributed by atoms with E-state index in [4.69, 9.17) is 4.74 Å². The Bertz CT molecular complexity index is 984. The summed E-state index contributed by atoms with van der Waals surface area (Å²) in [4.78, 5) is 24.1. The highest BCUT2D eigenvalue weighted by molar-refractivity contribution is 5.90. The number of methoxy groups -OCH3 is 1. The SMILES string of the molecule is COc1cccc(-c2ccc(=O)n(CC(=O)Nc3ccc(F)cc3)n2)c1. The number of anilines is 1. The number of aromatic nitrogens is 2. The smallest absolute Gasteiger partial charge is 0.267 e. The van der Waals surface area contributed by atoms with Crippen LogP contribution in [0, 0.1) is 5.82 Å². The minimum Gasteiger partial charge on any atom is -0.497 e. The number of hydrogen-bond acceptors (Lipinski definition) is 4. The molecule has 26 heavy (non-hydrogen) atoms. The van der Waals surface area contributed by atoms with E-state index in [0.29, 0.717) is 17.1 Å². The Labute approximate surface area is 148 Å². The Kier molecular flexibility index (Phi) is 5.07. The van der Waals surface area contributed by atoms with Gasteiger partial charge >= 0.3 is 0 Å². The summed E-state index contributed by atoms with van der Waals surface area (Å²) in [6, 6.07) is 15.5. The van der Waals surface area contributed by atoms with Crippen LogP contribution in [0.15, 0.2) is 65.5 Å². The number of rotatable bonds is 5. The number of benzene rings is 2. The number of carbonyl (C=O) groups excluding carboxylic acids is 1. The van der Waals surface area contributed by atoms with Gasteiger partial charge in [-0.1, -0.05) is 12.1 Å². The van der Waals surface area contributed by atoms with Gasteiger partial charge in [-0.05, 0) is 42.5 Å². The monoisotopic (exact) mass is 353 g/mol. The average Bonchev–Trinajstić information content (AvgIpc) is 2.65. The molecule has 0 radical (unpaired) electrons. The van der Waals surface area contributed by atoms with Crippen molar-refractivity contribution in [3.8, 4) is 17.0 Å². The minimum absolute atomic E-state index is 0.256. The number of nitrogens with zero attached hydrogens (tertiary/aromatic N) is 2.